The van der Waals surface area contributed by atoms with Gasteiger partial charge in [0.15, 0.2) is 9.79 Å². The van der Waals surface area contributed by atoms with E-state index < -0.39 is 37.6 Å². The molecule has 4 nitrogen and oxygen atoms in total. The predicted octanol–water partition coefficient (Wildman–Crippen LogP) is 4.16. The lowest BCUT2D eigenvalue weighted by Gasteiger charge is -2.48. The predicted molar refractivity (Wildman–Crippen MR) is 104 cm³/mol. The van der Waals surface area contributed by atoms with Crippen LogP contribution in [0.3, 0.4) is 0 Å². The highest BCUT2D eigenvalue weighted by Crippen LogP contribution is 2.50. The van der Waals surface area contributed by atoms with E-state index in [9.17, 15) is 22.6 Å². The van der Waals surface area contributed by atoms with E-state index in [1.807, 2.05) is 0 Å². The summed E-state index contributed by atoms with van der Waals surface area (Å²) in [7, 11) is -6.54. The molecule has 148 valence electrons. The molecule has 0 aliphatic heterocycles. The zero-order valence-electron chi connectivity index (χ0n) is 14.6. The van der Waals surface area contributed by atoms with Crippen LogP contribution in [0.2, 0.25) is 0 Å². The van der Waals surface area contributed by atoms with Gasteiger partial charge >= 0.3 is 5.25 Å². The van der Waals surface area contributed by atoms with Crippen LogP contribution < -0.4 is 0 Å². The molecular weight excluding hydrogens is 406 g/mol. The van der Waals surface area contributed by atoms with E-state index in [1.54, 1.807) is 60.7 Å². The molecule has 3 aromatic carbocycles. The molecule has 0 unspecified atom stereocenters. The Labute approximate surface area is 164 Å². The molecule has 0 aliphatic rings. The third-order valence-electron chi connectivity index (χ3n) is 3.96. The van der Waals surface area contributed by atoms with Gasteiger partial charge in [-0.2, -0.15) is 8.78 Å². The third-order valence-corrected chi connectivity index (χ3v) is 9.13. The minimum absolute atomic E-state index is 0.410. The first-order valence-electron chi connectivity index (χ1n) is 8.26. The average Bonchev–Trinajstić information content (AvgIpc) is 2.74. The van der Waals surface area contributed by atoms with E-state index in [1.165, 1.54) is 18.2 Å². The Morgan fingerprint density at radius 2 is 1.25 bits per heavy atom. The van der Waals surface area contributed by atoms with Crippen molar-refractivity contribution in [2.75, 3.05) is 6.61 Å². The lowest BCUT2D eigenvalue weighted by Crippen LogP contribution is -2.55. The second-order valence-electron chi connectivity index (χ2n) is 5.88. The standard InChI is InChI=1S/C20H18F2O4S2/c21-20(22,16-23)28(24,25,19-14-8-3-9-15-19)26-27(17-10-4-1-5-11-17)18-12-6-2-7-13-18/h1-15,23H,16H2. The minimum Gasteiger partial charge on any atom is -0.758 e. The van der Waals surface area contributed by atoms with Gasteiger partial charge in [0.05, 0.1) is 9.63 Å². The van der Waals surface area contributed by atoms with Gasteiger partial charge in [-0.3, -0.25) is 4.21 Å². The van der Waals surface area contributed by atoms with Crippen LogP contribution in [0.25, 0.3) is 0 Å². The smallest absolute Gasteiger partial charge is 0.342 e. The summed E-state index contributed by atoms with van der Waals surface area (Å²) in [6.07, 6.45) is 0. The molecule has 1 N–H and O–H groups in total. The third kappa shape index (κ3) is 3.61. The van der Waals surface area contributed by atoms with Crippen molar-refractivity contribution in [3.8, 4) is 0 Å². The maximum atomic E-state index is 14.7. The van der Waals surface area contributed by atoms with Gasteiger partial charge in [-0.05, 0) is 36.4 Å². The summed E-state index contributed by atoms with van der Waals surface area (Å²) < 4.78 is 61.8. The number of hydrogen-bond donors (Lipinski definition) is 1. The molecule has 0 aliphatic carbocycles. The molecule has 0 heterocycles. The summed E-state index contributed by atoms with van der Waals surface area (Å²) in [5, 5.41) is 4.68. The molecule has 3 aromatic rings. The number of aliphatic hydroxyl groups is 1. The zero-order valence-corrected chi connectivity index (χ0v) is 16.2. The SMILES string of the molecule is O=S([O-])(O[S+](c1ccccc1)c1ccccc1)(c1ccccc1)C(F)(F)CO. The number of aliphatic hydroxyl groups excluding tert-OH is 1. The van der Waals surface area contributed by atoms with Crippen molar-refractivity contribution in [1.82, 2.24) is 0 Å². The van der Waals surface area contributed by atoms with Gasteiger partial charge in [0, 0.05) is 4.90 Å². The van der Waals surface area contributed by atoms with Crippen molar-refractivity contribution in [2.24, 2.45) is 0 Å². The highest BCUT2D eigenvalue weighted by molar-refractivity contribution is 8.18. The molecule has 0 spiro atoms. The summed E-state index contributed by atoms with van der Waals surface area (Å²) >= 11 is -1.68. The fraction of sp³-hybridized carbons (Fsp3) is 0.100. The van der Waals surface area contributed by atoms with E-state index >= 15 is 0 Å². The van der Waals surface area contributed by atoms with Crippen LogP contribution >= 0.6 is 0 Å². The second-order valence-corrected chi connectivity index (χ2v) is 10.6. The first-order valence-corrected chi connectivity index (χ1v) is 11.2. The van der Waals surface area contributed by atoms with Crippen LogP contribution in [0, 0.1) is 0 Å². The topological polar surface area (TPSA) is 69.6 Å². The van der Waals surface area contributed by atoms with E-state index in [0.29, 0.717) is 9.79 Å². The first-order chi connectivity index (χ1) is 13.3. The molecule has 0 saturated carbocycles. The minimum atomic E-state index is -6.54. The summed E-state index contributed by atoms with van der Waals surface area (Å²) in [5.41, 5.74) is 0. The number of hydrogen-bond acceptors (Lipinski definition) is 4. The summed E-state index contributed by atoms with van der Waals surface area (Å²) in [6.45, 7) is -1.91. The largest absolute Gasteiger partial charge is 0.758 e. The molecule has 3 rings (SSSR count). The van der Waals surface area contributed by atoms with Gasteiger partial charge in [0.25, 0.3) is 0 Å². The Balaban J connectivity index is 2.22. The van der Waals surface area contributed by atoms with Gasteiger partial charge in [0.2, 0.25) is 11.2 Å². The zero-order chi connectivity index (χ0) is 20.3. The summed E-state index contributed by atoms with van der Waals surface area (Å²) in [5.74, 6) is 0. The second kappa shape index (κ2) is 7.73. The molecule has 0 radical (unpaired) electrons. The number of alkyl halides is 2. The quantitative estimate of drug-likeness (QED) is 0.578. The molecule has 28 heavy (non-hydrogen) atoms. The van der Waals surface area contributed by atoms with Crippen LogP contribution in [0.1, 0.15) is 0 Å². The summed E-state index contributed by atoms with van der Waals surface area (Å²) in [6, 6.07) is 22.7. The Hall–Kier alpha value is -2.10. The van der Waals surface area contributed by atoms with Crippen LogP contribution in [0.15, 0.2) is 106 Å². The Kier molecular flexibility index (Phi) is 5.69. The van der Waals surface area contributed by atoms with Gasteiger partial charge in [-0.25, -0.2) is 0 Å². The normalized spacial score (nSPS) is 13.8. The van der Waals surface area contributed by atoms with Gasteiger partial charge in [-0.15, -0.1) is 0 Å². The lowest BCUT2D eigenvalue weighted by molar-refractivity contribution is 0.00593. The summed E-state index contributed by atoms with van der Waals surface area (Å²) in [4.78, 5) is 0.115. The van der Waals surface area contributed by atoms with E-state index in [4.69, 9.17) is 3.63 Å². The van der Waals surface area contributed by atoms with Crippen LogP contribution in [0.4, 0.5) is 8.78 Å². The molecule has 0 aromatic heterocycles. The maximum absolute atomic E-state index is 14.7. The Morgan fingerprint density at radius 3 is 1.64 bits per heavy atom. The molecule has 0 saturated heterocycles. The van der Waals surface area contributed by atoms with Crippen molar-refractivity contribution in [2.45, 2.75) is 19.9 Å². The fourth-order valence-corrected chi connectivity index (χ4v) is 7.06. The lowest BCUT2D eigenvalue weighted by atomic mass is 10.4. The van der Waals surface area contributed by atoms with Crippen LogP contribution in [-0.4, -0.2) is 25.7 Å². The molecule has 0 atom stereocenters. The van der Waals surface area contributed by atoms with E-state index in [0.717, 1.165) is 12.1 Å². The number of rotatable bonds is 7. The van der Waals surface area contributed by atoms with E-state index in [2.05, 4.69) is 0 Å². The van der Waals surface area contributed by atoms with Crippen molar-refractivity contribution >= 4 is 20.8 Å². The van der Waals surface area contributed by atoms with Gasteiger partial charge in [-0.1, -0.05) is 58.2 Å². The monoisotopic (exact) mass is 424 g/mol. The van der Waals surface area contributed by atoms with Gasteiger partial charge in [0.1, 0.15) is 6.61 Å². The Bertz CT molecular complexity index is 945. The Morgan fingerprint density at radius 1 is 0.857 bits per heavy atom. The number of halogens is 2. The average molecular weight is 424 g/mol. The fourth-order valence-electron chi connectivity index (χ4n) is 2.45. The highest BCUT2D eigenvalue weighted by Gasteiger charge is 2.58. The molecule has 0 amide bonds. The maximum Gasteiger partial charge on any atom is 0.342 e. The van der Waals surface area contributed by atoms with Crippen molar-refractivity contribution in [3.05, 3.63) is 91.0 Å². The van der Waals surface area contributed by atoms with Gasteiger partial charge < -0.3 is 9.66 Å². The van der Waals surface area contributed by atoms with Crippen molar-refractivity contribution in [3.63, 3.8) is 0 Å². The van der Waals surface area contributed by atoms with Crippen molar-refractivity contribution < 1.29 is 26.3 Å². The molecular formula is C20H18F2O4S2. The number of sulfone groups is 1. The van der Waals surface area contributed by atoms with Crippen LogP contribution in [-0.2, 0) is 24.4 Å². The van der Waals surface area contributed by atoms with Crippen molar-refractivity contribution in [1.29, 1.82) is 0 Å². The first kappa shape index (κ1) is 20.6. The van der Waals surface area contributed by atoms with Crippen LogP contribution in [0.5, 0.6) is 0 Å². The highest BCUT2D eigenvalue weighted by atomic mass is 32.4. The number of benzene rings is 3. The molecule has 8 heteroatoms. The molecule has 0 bridgehead atoms. The molecule has 0 fully saturated rings. The van der Waals surface area contributed by atoms with E-state index in [-0.39, 0.29) is 0 Å².